The SMILES string of the molecule is CCC(C#N)N1CCN(Cc2cc(F)ccc2F)CC1. The predicted octanol–water partition coefficient (Wildman–Crippen LogP) is 2.38. The predicted molar refractivity (Wildman–Crippen MR) is 72.9 cm³/mol. The molecule has 0 amide bonds. The summed E-state index contributed by atoms with van der Waals surface area (Å²) < 4.78 is 26.7. The molecule has 1 aliphatic heterocycles. The number of hydrogen-bond acceptors (Lipinski definition) is 3. The molecule has 20 heavy (non-hydrogen) atoms. The molecule has 1 fully saturated rings. The van der Waals surface area contributed by atoms with E-state index in [4.69, 9.17) is 5.26 Å². The van der Waals surface area contributed by atoms with E-state index in [1.165, 1.54) is 12.1 Å². The first kappa shape index (κ1) is 14.9. The molecule has 108 valence electrons. The van der Waals surface area contributed by atoms with Crippen LogP contribution in [0, 0.1) is 23.0 Å². The summed E-state index contributed by atoms with van der Waals surface area (Å²) in [6.07, 6.45) is 0.815. The zero-order valence-corrected chi connectivity index (χ0v) is 11.6. The summed E-state index contributed by atoms with van der Waals surface area (Å²) in [6, 6.07) is 5.82. The van der Waals surface area contributed by atoms with E-state index in [2.05, 4.69) is 15.9 Å². The van der Waals surface area contributed by atoms with E-state index in [0.717, 1.165) is 38.7 Å². The van der Waals surface area contributed by atoms with E-state index < -0.39 is 5.82 Å². The van der Waals surface area contributed by atoms with Crippen LogP contribution in [0.4, 0.5) is 8.78 Å². The molecule has 0 saturated carbocycles. The van der Waals surface area contributed by atoms with Gasteiger partial charge in [-0.2, -0.15) is 5.26 Å². The molecule has 0 radical (unpaired) electrons. The second kappa shape index (κ2) is 6.78. The zero-order valence-electron chi connectivity index (χ0n) is 11.6. The van der Waals surface area contributed by atoms with Crippen molar-refractivity contribution in [3.63, 3.8) is 0 Å². The number of nitriles is 1. The molecular formula is C15H19F2N3. The van der Waals surface area contributed by atoms with Gasteiger partial charge in [-0.05, 0) is 24.6 Å². The molecule has 3 nitrogen and oxygen atoms in total. The lowest BCUT2D eigenvalue weighted by atomic mass is 10.1. The van der Waals surface area contributed by atoms with Crippen molar-refractivity contribution >= 4 is 0 Å². The molecule has 2 rings (SSSR count). The molecule has 1 unspecified atom stereocenters. The second-order valence-electron chi connectivity index (χ2n) is 5.10. The Morgan fingerprint density at radius 1 is 1.25 bits per heavy atom. The third-order valence-corrected chi connectivity index (χ3v) is 3.79. The van der Waals surface area contributed by atoms with Crippen LogP contribution in [0.15, 0.2) is 18.2 Å². The molecular weight excluding hydrogens is 260 g/mol. The lowest BCUT2D eigenvalue weighted by molar-refractivity contribution is 0.107. The standard InChI is InChI=1S/C15H19F2N3/c1-2-14(10-18)20-7-5-19(6-8-20)11-12-9-13(16)3-4-15(12)17/h3-4,9,14H,2,5-8,11H2,1H3. The minimum atomic E-state index is -0.407. The van der Waals surface area contributed by atoms with Crippen molar-refractivity contribution in [2.75, 3.05) is 26.2 Å². The van der Waals surface area contributed by atoms with Gasteiger partial charge in [0.05, 0.1) is 12.1 Å². The Morgan fingerprint density at radius 2 is 1.95 bits per heavy atom. The molecule has 0 bridgehead atoms. The topological polar surface area (TPSA) is 30.3 Å². The highest BCUT2D eigenvalue weighted by molar-refractivity contribution is 5.18. The molecule has 1 heterocycles. The van der Waals surface area contributed by atoms with Crippen LogP contribution in [-0.2, 0) is 6.54 Å². The Labute approximate surface area is 118 Å². The van der Waals surface area contributed by atoms with E-state index in [0.29, 0.717) is 12.1 Å². The molecule has 1 aliphatic rings. The highest BCUT2D eigenvalue weighted by atomic mass is 19.1. The first-order valence-electron chi connectivity index (χ1n) is 6.94. The fourth-order valence-electron chi connectivity index (χ4n) is 2.57. The van der Waals surface area contributed by atoms with Gasteiger partial charge in [0.15, 0.2) is 0 Å². The quantitative estimate of drug-likeness (QED) is 0.847. The molecule has 0 spiro atoms. The largest absolute Gasteiger partial charge is 0.296 e. The van der Waals surface area contributed by atoms with Gasteiger partial charge in [-0.15, -0.1) is 0 Å². The van der Waals surface area contributed by atoms with E-state index in [1.54, 1.807) is 0 Å². The summed E-state index contributed by atoms with van der Waals surface area (Å²) in [5.74, 6) is -0.771. The maximum absolute atomic E-state index is 13.6. The number of rotatable bonds is 4. The van der Waals surface area contributed by atoms with Gasteiger partial charge in [-0.3, -0.25) is 9.80 Å². The summed E-state index contributed by atoms with van der Waals surface area (Å²) >= 11 is 0. The van der Waals surface area contributed by atoms with Crippen molar-refractivity contribution in [2.24, 2.45) is 0 Å². The fraction of sp³-hybridized carbons (Fsp3) is 0.533. The molecule has 0 aromatic heterocycles. The van der Waals surface area contributed by atoms with Crippen LogP contribution >= 0.6 is 0 Å². The normalized spacial score (nSPS) is 18.7. The smallest absolute Gasteiger partial charge is 0.127 e. The summed E-state index contributed by atoms with van der Waals surface area (Å²) in [6.45, 7) is 5.55. The van der Waals surface area contributed by atoms with Crippen LogP contribution in [0.1, 0.15) is 18.9 Å². The lowest BCUT2D eigenvalue weighted by Crippen LogP contribution is -2.49. The number of nitrogens with zero attached hydrogens (tertiary/aromatic N) is 3. The third kappa shape index (κ3) is 3.53. The summed E-state index contributed by atoms with van der Waals surface area (Å²) in [5, 5.41) is 9.05. The average Bonchev–Trinajstić information content (AvgIpc) is 2.46. The number of hydrogen-bond donors (Lipinski definition) is 0. The lowest BCUT2D eigenvalue weighted by Gasteiger charge is -2.36. The van der Waals surface area contributed by atoms with Crippen LogP contribution in [-0.4, -0.2) is 42.0 Å². The average molecular weight is 279 g/mol. The molecule has 1 aromatic carbocycles. The minimum absolute atomic E-state index is 0.0388. The Kier molecular flexibility index (Phi) is 5.05. The Hall–Kier alpha value is -1.51. The first-order valence-corrected chi connectivity index (χ1v) is 6.94. The molecule has 1 aromatic rings. The van der Waals surface area contributed by atoms with Gasteiger partial charge in [-0.25, -0.2) is 8.78 Å². The van der Waals surface area contributed by atoms with E-state index in [1.807, 2.05) is 6.92 Å². The van der Waals surface area contributed by atoms with Gasteiger partial charge >= 0.3 is 0 Å². The maximum Gasteiger partial charge on any atom is 0.127 e. The highest BCUT2D eigenvalue weighted by Gasteiger charge is 2.23. The maximum atomic E-state index is 13.6. The minimum Gasteiger partial charge on any atom is -0.296 e. The Bertz CT molecular complexity index is 490. The monoisotopic (exact) mass is 279 g/mol. The fourth-order valence-corrected chi connectivity index (χ4v) is 2.57. The highest BCUT2D eigenvalue weighted by Crippen LogP contribution is 2.15. The van der Waals surface area contributed by atoms with Crippen molar-refractivity contribution in [1.82, 2.24) is 9.80 Å². The van der Waals surface area contributed by atoms with E-state index in [9.17, 15) is 8.78 Å². The Morgan fingerprint density at radius 3 is 2.55 bits per heavy atom. The number of benzene rings is 1. The molecule has 1 atom stereocenters. The van der Waals surface area contributed by atoms with Gasteiger partial charge in [0.1, 0.15) is 11.6 Å². The summed E-state index contributed by atoms with van der Waals surface area (Å²) in [4.78, 5) is 4.25. The summed E-state index contributed by atoms with van der Waals surface area (Å²) in [7, 11) is 0. The molecule has 5 heteroatoms. The van der Waals surface area contributed by atoms with Crippen LogP contribution in [0.3, 0.4) is 0 Å². The van der Waals surface area contributed by atoms with Gasteiger partial charge < -0.3 is 0 Å². The van der Waals surface area contributed by atoms with Gasteiger partial charge in [0, 0.05) is 38.3 Å². The molecule has 0 aliphatic carbocycles. The van der Waals surface area contributed by atoms with Crippen molar-refractivity contribution in [3.8, 4) is 6.07 Å². The van der Waals surface area contributed by atoms with Crippen molar-refractivity contribution in [2.45, 2.75) is 25.9 Å². The van der Waals surface area contributed by atoms with E-state index >= 15 is 0 Å². The summed E-state index contributed by atoms with van der Waals surface area (Å²) in [5.41, 5.74) is 0.394. The van der Waals surface area contributed by atoms with Crippen LogP contribution in [0.2, 0.25) is 0 Å². The first-order chi connectivity index (χ1) is 9.63. The Balaban J connectivity index is 1.92. The van der Waals surface area contributed by atoms with Crippen molar-refractivity contribution in [3.05, 3.63) is 35.4 Å². The van der Waals surface area contributed by atoms with Gasteiger partial charge in [0.25, 0.3) is 0 Å². The van der Waals surface area contributed by atoms with E-state index in [-0.39, 0.29) is 11.9 Å². The number of halogens is 2. The third-order valence-electron chi connectivity index (χ3n) is 3.79. The van der Waals surface area contributed by atoms with Gasteiger partial charge in [-0.1, -0.05) is 6.92 Å². The van der Waals surface area contributed by atoms with Crippen LogP contribution in [0.25, 0.3) is 0 Å². The molecule has 0 N–H and O–H groups in total. The van der Waals surface area contributed by atoms with Crippen molar-refractivity contribution < 1.29 is 8.78 Å². The van der Waals surface area contributed by atoms with Gasteiger partial charge in [0.2, 0.25) is 0 Å². The number of piperazine rings is 1. The van der Waals surface area contributed by atoms with Crippen LogP contribution < -0.4 is 0 Å². The zero-order chi connectivity index (χ0) is 14.5. The molecule has 1 saturated heterocycles. The van der Waals surface area contributed by atoms with Crippen molar-refractivity contribution in [1.29, 1.82) is 5.26 Å². The van der Waals surface area contributed by atoms with Crippen LogP contribution in [0.5, 0.6) is 0 Å². The second-order valence-corrected chi connectivity index (χ2v) is 5.10.